The molecule has 26 heavy (non-hydrogen) atoms. The summed E-state index contributed by atoms with van der Waals surface area (Å²) in [5.74, 6) is 1.54. The fourth-order valence-electron chi connectivity index (χ4n) is 2.72. The highest BCUT2D eigenvalue weighted by molar-refractivity contribution is 7.97. The van der Waals surface area contributed by atoms with Crippen molar-refractivity contribution in [2.45, 2.75) is 41.1 Å². The SMILES string of the molecule is COc1ccc([S+](c2ccccc2)c2ccccc2)cc1OC(C)(C)C. The second kappa shape index (κ2) is 7.88. The zero-order valence-corrected chi connectivity index (χ0v) is 16.5. The first-order valence-electron chi connectivity index (χ1n) is 8.69. The molecule has 0 amide bonds. The first-order valence-corrected chi connectivity index (χ1v) is 9.92. The molecule has 0 bridgehead atoms. The Morgan fingerprint density at radius 1 is 0.654 bits per heavy atom. The number of hydrogen-bond donors (Lipinski definition) is 0. The maximum Gasteiger partial charge on any atom is 0.170 e. The van der Waals surface area contributed by atoms with Crippen molar-refractivity contribution in [1.29, 1.82) is 0 Å². The highest BCUT2D eigenvalue weighted by Gasteiger charge is 2.30. The molecule has 3 aromatic carbocycles. The Labute approximate surface area is 159 Å². The number of benzene rings is 3. The summed E-state index contributed by atoms with van der Waals surface area (Å²) >= 11 is 0. The van der Waals surface area contributed by atoms with Crippen molar-refractivity contribution in [3.8, 4) is 11.5 Å². The van der Waals surface area contributed by atoms with Gasteiger partial charge in [-0.05, 0) is 57.2 Å². The number of methoxy groups -OCH3 is 1. The van der Waals surface area contributed by atoms with Gasteiger partial charge < -0.3 is 9.47 Å². The van der Waals surface area contributed by atoms with E-state index in [0.29, 0.717) is 0 Å². The van der Waals surface area contributed by atoms with Crippen LogP contribution in [0.1, 0.15) is 20.8 Å². The van der Waals surface area contributed by atoms with Crippen LogP contribution < -0.4 is 9.47 Å². The van der Waals surface area contributed by atoms with Crippen molar-refractivity contribution in [2.24, 2.45) is 0 Å². The summed E-state index contributed by atoms with van der Waals surface area (Å²) in [6, 6.07) is 27.5. The second-order valence-corrected chi connectivity index (χ2v) is 8.99. The maximum atomic E-state index is 6.17. The molecule has 0 spiro atoms. The lowest BCUT2D eigenvalue weighted by atomic mass is 10.2. The van der Waals surface area contributed by atoms with E-state index < -0.39 is 0 Å². The average molecular weight is 366 g/mol. The third-order valence-corrected chi connectivity index (χ3v) is 5.96. The smallest absolute Gasteiger partial charge is 0.170 e. The predicted molar refractivity (Wildman–Crippen MR) is 108 cm³/mol. The molecule has 0 radical (unpaired) electrons. The lowest BCUT2D eigenvalue weighted by molar-refractivity contribution is 0.125. The molecule has 0 aromatic heterocycles. The van der Waals surface area contributed by atoms with Crippen LogP contribution in [0.4, 0.5) is 0 Å². The molecular formula is C23H25O2S+. The Balaban J connectivity index is 2.11. The fraction of sp³-hybridized carbons (Fsp3) is 0.217. The molecule has 3 heteroatoms. The van der Waals surface area contributed by atoms with E-state index in [0.717, 1.165) is 11.5 Å². The monoisotopic (exact) mass is 365 g/mol. The molecule has 3 aromatic rings. The number of hydrogen-bond acceptors (Lipinski definition) is 2. The third-order valence-electron chi connectivity index (χ3n) is 3.74. The van der Waals surface area contributed by atoms with Gasteiger partial charge >= 0.3 is 0 Å². The Hall–Kier alpha value is -2.39. The van der Waals surface area contributed by atoms with E-state index in [1.807, 2.05) is 26.8 Å². The molecule has 0 N–H and O–H groups in total. The third kappa shape index (κ3) is 4.41. The molecule has 0 heterocycles. The Kier molecular flexibility index (Phi) is 5.58. The number of rotatable bonds is 5. The first kappa shape index (κ1) is 18.4. The van der Waals surface area contributed by atoms with E-state index in [1.165, 1.54) is 14.7 Å². The minimum Gasteiger partial charge on any atom is -0.493 e. The summed E-state index contributed by atoms with van der Waals surface area (Å²) in [6.45, 7) is 6.15. The van der Waals surface area contributed by atoms with Gasteiger partial charge in [-0.2, -0.15) is 0 Å². The summed E-state index contributed by atoms with van der Waals surface area (Å²) in [5, 5.41) is 0. The molecule has 0 fully saturated rings. The minimum absolute atomic E-state index is 0.199. The van der Waals surface area contributed by atoms with Crippen molar-refractivity contribution < 1.29 is 9.47 Å². The van der Waals surface area contributed by atoms with Gasteiger partial charge in [-0.25, -0.2) is 0 Å². The molecule has 134 valence electrons. The van der Waals surface area contributed by atoms with Crippen molar-refractivity contribution in [3.05, 3.63) is 78.9 Å². The van der Waals surface area contributed by atoms with Gasteiger partial charge in [0.2, 0.25) is 0 Å². The highest BCUT2D eigenvalue weighted by atomic mass is 32.2. The molecule has 0 unspecified atom stereocenters. The minimum atomic E-state index is -0.288. The summed E-state index contributed by atoms with van der Waals surface area (Å²) < 4.78 is 11.7. The molecule has 3 rings (SSSR count). The molecule has 0 aliphatic carbocycles. The molecule has 0 saturated carbocycles. The predicted octanol–water partition coefficient (Wildman–Crippen LogP) is 5.97. The quantitative estimate of drug-likeness (QED) is 0.519. The normalized spacial score (nSPS) is 11.4. The summed E-state index contributed by atoms with van der Waals surface area (Å²) in [6.07, 6.45) is 0. The maximum absolute atomic E-state index is 6.17. The Bertz CT molecular complexity index is 800. The van der Waals surface area contributed by atoms with Crippen LogP contribution in [0.2, 0.25) is 0 Å². The van der Waals surface area contributed by atoms with E-state index in [-0.39, 0.29) is 16.5 Å². The molecule has 0 saturated heterocycles. The van der Waals surface area contributed by atoms with Gasteiger partial charge in [0.05, 0.1) is 18.0 Å². The van der Waals surface area contributed by atoms with E-state index in [9.17, 15) is 0 Å². The zero-order valence-electron chi connectivity index (χ0n) is 15.7. The lowest BCUT2D eigenvalue weighted by Crippen LogP contribution is -2.23. The molecular weight excluding hydrogens is 340 g/mol. The lowest BCUT2D eigenvalue weighted by Gasteiger charge is -2.23. The van der Waals surface area contributed by atoms with Crippen LogP contribution >= 0.6 is 0 Å². The van der Waals surface area contributed by atoms with Crippen LogP contribution in [-0.2, 0) is 10.9 Å². The van der Waals surface area contributed by atoms with Crippen LogP contribution in [0.3, 0.4) is 0 Å². The second-order valence-electron chi connectivity index (χ2n) is 6.96. The molecule has 0 aliphatic rings. The zero-order chi connectivity index (χ0) is 18.6. The fourth-order valence-corrected chi connectivity index (χ4v) is 4.82. The average Bonchev–Trinajstić information content (AvgIpc) is 2.63. The van der Waals surface area contributed by atoms with Crippen molar-refractivity contribution in [2.75, 3.05) is 7.11 Å². The largest absolute Gasteiger partial charge is 0.493 e. The van der Waals surface area contributed by atoms with Gasteiger partial charge in [0.25, 0.3) is 0 Å². The van der Waals surface area contributed by atoms with Crippen molar-refractivity contribution >= 4 is 10.9 Å². The van der Waals surface area contributed by atoms with Crippen molar-refractivity contribution in [1.82, 2.24) is 0 Å². The van der Waals surface area contributed by atoms with Crippen LogP contribution in [0.25, 0.3) is 0 Å². The van der Waals surface area contributed by atoms with Crippen LogP contribution in [0.5, 0.6) is 11.5 Å². The molecule has 0 aliphatic heterocycles. The van der Waals surface area contributed by atoms with E-state index in [1.54, 1.807) is 7.11 Å². The highest BCUT2D eigenvalue weighted by Crippen LogP contribution is 2.37. The van der Waals surface area contributed by atoms with Gasteiger partial charge in [0.1, 0.15) is 5.60 Å². The van der Waals surface area contributed by atoms with E-state index >= 15 is 0 Å². The first-order chi connectivity index (χ1) is 12.5. The van der Waals surface area contributed by atoms with E-state index in [4.69, 9.17) is 9.47 Å². The summed E-state index contributed by atoms with van der Waals surface area (Å²) in [7, 11) is 1.48. The Morgan fingerprint density at radius 2 is 1.19 bits per heavy atom. The van der Waals surface area contributed by atoms with Gasteiger partial charge in [-0.1, -0.05) is 36.4 Å². The van der Waals surface area contributed by atoms with Crippen LogP contribution in [0.15, 0.2) is 93.5 Å². The van der Waals surface area contributed by atoms with Crippen LogP contribution in [0, 0.1) is 0 Å². The van der Waals surface area contributed by atoms with Crippen molar-refractivity contribution in [3.63, 3.8) is 0 Å². The van der Waals surface area contributed by atoms with Gasteiger partial charge in [0, 0.05) is 6.07 Å². The standard InChI is InChI=1S/C23H25O2S/c1-23(2,3)25-22-17-20(15-16-21(22)24-4)26(18-11-7-5-8-12-18)19-13-9-6-10-14-19/h5-17H,1-4H3/q+1. The van der Waals surface area contributed by atoms with Gasteiger partial charge in [-0.3, -0.25) is 0 Å². The summed E-state index contributed by atoms with van der Waals surface area (Å²) in [5.41, 5.74) is -0.288. The van der Waals surface area contributed by atoms with Gasteiger partial charge in [0.15, 0.2) is 26.2 Å². The molecule has 2 nitrogen and oxygen atoms in total. The topological polar surface area (TPSA) is 18.5 Å². The van der Waals surface area contributed by atoms with Crippen LogP contribution in [-0.4, -0.2) is 12.7 Å². The molecule has 0 atom stereocenters. The summed E-state index contributed by atoms with van der Waals surface area (Å²) in [4.78, 5) is 3.78. The van der Waals surface area contributed by atoms with Gasteiger partial charge in [-0.15, -0.1) is 0 Å². The van der Waals surface area contributed by atoms with E-state index in [2.05, 4.69) is 72.8 Å². The Morgan fingerprint density at radius 3 is 1.65 bits per heavy atom. The number of ether oxygens (including phenoxy) is 2.